The SMILES string of the molecule is CC(C)c1ccccc1OCC(=O)OCC(=O)NCCc1ccc(Cl)cc1. The summed E-state index contributed by atoms with van der Waals surface area (Å²) < 4.78 is 10.5. The predicted octanol–water partition coefficient (Wildman–Crippen LogP) is 3.74. The molecule has 0 saturated carbocycles. The largest absolute Gasteiger partial charge is 0.482 e. The van der Waals surface area contributed by atoms with Gasteiger partial charge in [0.15, 0.2) is 13.2 Å². The summed E-state index contributed by atoms with van der Waals surface area (Å²) in [5.41, 5.74) is 2.08. The Kier molecular flexibility index (Phi) is 8.14. The molecule has 2 aromatic rings. The fourth-order valence-corrected chi connectivity index (χ4v) is 2.59. The molecular weight excluding hydrogens is 366 g/mol. The lowest BCUT2D eigenvalue weighted by atomic mass is 10.0. The van der Waals surface area contributed by atoms with E-state index in [4.69, 9.17) is 21.1 Å². The highest BCUT2D eigenvalue weighted by atomic mass is 35.5. The number of hydrogen-bond acceptors (Lipinski definition) is 4. The topological polar surface area (TPSA) is 64.6 Å². The van der Waals surface area contributed by atoms with Crippen molar-refractivity contribution in [2.24, 2.45) is 0 Å². The van der Waals surface area contributed by atoms with Gasteiger partial charge in [-0.3, -0.25) is 4.79 Å². The average molecular weight is 390 g/mol. The molecule has 0 saturated heterocycles. The number of hydrogen-bond donors (Lipinski definition) is 1. The van der Waals surface area contributed by atoms with Crippen molar-refractivity contribution in [3.63, 3.8) is 0 Å². The van der Waals surface area contributed by atoms with Crippen molar-refractivity contribution < 1.29 is 19.1 Å². The number of para-hydroxylation sites is 1. The third-order valence-electron chi connectivity index (χ3n) is 3.90. The molecule has 5 nitrogen and oxygen atoms in total. The molecule has 0 atom stereocenters. The van der Waals surface area contributed by atoms with Crippen molar-refractivity contribution in [2.45, 2.75) is 26.2 Å². The third kappa shape index (κ3) is 7.31. The van der Waals surface area contributed by atoms with E-state index in [1.54, 1.807) is 12.1 Å². The van der Waals surface area contributed by atoms with Crippen LogP contribution < -0.4 is 10.1 Å². The maximum Gasteiger partial charge on any atom is 0.344 e. The summed E-state index contributed by atoms with van der Waals surface area (Å²) in [6.45, 7) is 4.00. The van der Waals surface area contributed by atoms with Crippen molar-refractivity contribution in [3.8, 4) is 5.75 Å². The number of rotatable bonds is 9. The second-order valence-electron chi connectivity index (χ2n) is 6.37. The van der Waals surface area contributed by atoms with Crippen LogP contribution in [0.4, 0.5) is 0 Å². The molecule has 27 heavy (non-hydrogen) atoms. The zero-order valence-electron chi connectivity index (χ0n) is 15.5. The molecular formula is C21H24ClNO4. The number of carbonyl (C=O) groups excluding carboxylic acids is 2. The minimum atomic E-state index is -0.582. The Morgan fingerprint density at radius 1 is 1.04 bits per heavy atom. The van der Waals surface area contributed by atoms with Crippen molar-refractivity contribution >= 4 is 23.5 Å². The van der Waals surface area contributed by atoms with Crippen LogP contribution in [0.25, 0.3) is 0 Å². The average Bonchev–Trinajstić information content (AvgIpc) is 2.66. The second kappa shape index (κ2) is 10.6. The van der Waals surface area contributed by atoms with Gasteiger partial charge in [0.1, 0.15) is 5.75 Å². The van der Waals surface area contributed by atoms with Crippen molar-refractivity contribution in [3.05, 3.63) is 64.7 Å². The van der Waals surface area contributed by atoms with E-state index in [1.165, 1.54) is 0 Å². The fourth-order valence-electron chi connectivity index (χ4n) is 2.46. The van der Waals surface area contributed by atoms with Gasteiger partial charge in [0.2, 0.25) is 0 Å². The van der Waals surface area contributed by atoms with Gasteiger partial charge in [-0.2, -0.15) is 0 Å². The van der Waals surface area contributed by atoms with Crippen LogP contribution in [0.2, 0.25) is 5.02 Å². The highest BCUT2D eigenvalue weighted by Crippen LogP contribution is 2.25. The zero-order valence-corrected chi connectivity index (χ0v) is 16.3. The smallest absolute Gasteiger partial charge is 0.344 e. The summed E-state index contributed by atoms with van der Waals surface area (Å²) in [4.78, 5) is 23.5. The number of benzene rings is 2. The summed E-state index contributed by atoms with van der Waals surface area (Å²) in [7, 11) is 0. The van der Waals surface area contributed by atoms with Crippen LogP contribution in [-0.2, 0) is 20.7 Å². The number of halogens is 1. The van der Waals surface area contributed by atoms with Crippen LogP contribution in [0.15, 0.2) is 48.5 Å². The number of carbonyl (C=O) groups is 2. The second-order valence-corrected chi connectivity index (χ2v) is 6.80. The van der Waals surface area contributed by atoms with E-state index < -0.39 is 5.97 Å². The van der Waals surface area contributed by atoms with E-state index in [0.717, 1.165) is 11.1 Å². The molecule has 0 bridgehead atoms. The van der Waals surface area contributed by atoms with Gasteiger partial charge < -0.3 is 14.8 Å². The van der Waals surface area contributed by atoms with Gasteiger partial charge >= 0.3 is 5.97 Å². The molecule has 0 aromatic heterocycles. The fraction of sp³-hybridized carbons (Fsp3) is 0.333. The molecule has 0 fully saturated rings. The lowest BCUT2D eigenvalue weighted by Crippen LogP contribution is -2.31. The number of amides is 1. The Morgan fingerprint density at radius 2 is 1.74 bits per heavy atom. The van der Waals surface area contributed by atoms with Crippen molar-refractivity contribution in [2.75, 3.05) is 19.8 Å². The lowest BCUT2D eigenvalue weighted by Gasteiger charge is -2.13. The van der Waals surface area contributed by atoms with Gasteiger partial charge in [0, 0.05) is 11.6 Å². The molecule has 0 unspecified atom stereocenters. The van der Waals surface area contributed by atoms with E-state index in [0.29, 0.717) is 23.7 Å². The quantitative estimate of drug-likeness (QED) is 0.663. The number of ether oxygens (including phenoxy) is 2. The Morgan fingerprint density at radius 3 is 2.44 bits per heavy atom. The molecule has 0 radical (unpaired) electrons. The first-order chi connectivity index (χ1) is 13.0. The van der Waals surface area contributed by atoms with Gasteiger partial charge in [-0.1, -0.05) is 55.8 Å². The summed E-state index contributed by atoms with van der Waals surface area (Å²) in [5, 5.41) is 3.38. The Bertz CT molecular complexity index is 759. The minimum absolute atomic E-state index is 0.234. The first kappa shape index (κ1) is 20.8. The zero-order chi connectivity index (χ0) is 19.6. The van der Waals surface area contributed by atoms with E-state index in [-0.39, 0.29) is 25.0 Å². The molecule has 1 N–H and O–H groups in total. The van der Waals surface area contributed by atoms with Gasteiger partial charge in [-0.15, -0.1) is 0 Å². The monoisotopic (exact) mass is 389 g/mol. The Balaban J connectivity index is 1.66. The van der Waals surface area contributed by atoms with E-state index in [9.17, 15) is 9.59 Å². The van der Waals surface area contributed by atoms with Crippen molar-refractivity contribution in [1.29, 1.82) is 0 Å². The van der Waals surface area contributed by atoms with E-state index in [2.05, 4.69) is 19.2 Å². The summed E-state index contributed by atoms with van der Waals surface area (Å²) >= 11 is 5.83. The van der Waals surface area contributed by atoms with Crippen LogP contribution >= 0.6 is 11.6 Å². The summed E-state index contributed by atoms with van der Waals surface area (Å²) in [6, 6.07) is 15.0. The molecule has 144 valence electrons. The van der Waals surface area contributed by atoms with Crippen LogP contribution in [0.1, 0.15) is 30.9 Å². The molecule has 2 rings (SSSR count). The Hall–Kier alpha value is -2.53. The van der Waals surface area contributed by atoms with Crippen molar-refractivity contribution in [1.82, 2.24) is 5.32 Å². The van der Waals surface area contributed by atoms with Crippen LogP contribution in [0, 0.1) is 0 Å². The highest BCUT2D eigenvalue weighted by molar-refractivity contribution is 6.30. The first-order valence-corrected chi connectivity index (χ1v) is 9.22. The van der Waals surface area contributed by atoms with Crippen LogP contribution in [0.5, 0.6) is 5.75 Å². The molecule has 0 spiro atoms. The van der Waals surface area contributed by atoms with E-state index >= 15 is 0 Å². The normalized spacial score (nSPS) is 10.5. The maximum atomic E-state index is 11.8. The summed E-state index contributed by atoms with van der Waals surface area (Å²) in [5.74, 6) is 0.00167. The third-order valence-corrected chi connectivity index (χ3v) is 4.15. The number of esters is 1. The number of nitrogens with one attached hydrogen (secondary N) is 1. The minimum Gasteiger partial charge on any atom is -0.482 e. The van der Waals surface area contributed by atoms with Gasteiger partial charge in [0.05, 0.1) is 0 Å². The van der Waals surface area contributed by atoms with Gasteiger partial charge in [-0.05, 0) is 41.7 Å². The van der Waals surface area contributed by atoms with E-state index in [1.807, 2.05) is 36.4 Å². The first-order valence-electron chi connectivity index (χ1n) is 8.84. The van der Waals surface area contributed by atoms with Gasteiger partial charge in [-0.25, -0.2) is 4.79 Å². The van der Waals surface area contributed by atoms with Crippen LogP contribution in [0.3, 0.4) is 0 Å². The maximum absolute atomic E-state index is 11.8. The molecule has 0 heterocycles. The predicted molar refractivity (Wildman–Crippen MR) is 105 cm³/mol. The molecule has 0 aliphatic rings. The highest BCUT2D eigenvalue weighted by Gasteiger charge is 2.11. The lowest BCUT2D eigenvalue weighted by molar-refractivity contribution is -0.150. The summed E-state index contributed by atoms with van der Waals surface area (Å²) in [6.07, 6.45) is 0.673. The Labute approximate surface area is 164 Å². The molecule has 2 aromatic carbocycles. The molecule has 1 amide bonds. The molecule has 0 aliphatic carbocycles. The molecule has 0 aliphatic heterocycles. The van der Waals surface area contributed by atoms with Crippen LogP contribution in [-0.4, -0.2) is 31.6 Å². The van der Waals surface area contributed by atoms with Gasteiger partial charge in [0.25, 0.3) is 5.91 Å². The standard InChI is InChI=1S/C21H24ClNO4/c1-15(2)18-5-3-4-6-19(18)26-14-21(25)27-13-20(24)23-12-11-16-7-9-17(22)10-8-16/h3-10,15H,11-14H2,1-2H3,(H,23,24). The molecule has 6 heteroatoms.